The second-order valence-corrected chi connectivity index (χ2v) is 8.40. The number of hydrogen-bond acceptors (Lipinski definition) is 10. The third kappa shape index (κ3) is 5.61. The predicted molar refractivity (Wildman–Crippen MR) is 129 cm³/mol. The third-order valence-corrected chi connectivity index (χ3v) is 6.14. The molecule has 0 aliphatic carbocycles. The van der Waals surface area contributed by atoms with Gasteiger partial charge in [-0.25, -0.2) is 0 Å². The molecule has 2 N–H and O–H groups in total. The van der Waals surface area contributed by atoms with Gasteiger partial charge in [0.1, 0.15) is 12.5 Å². The van der Waals surface area contributed by atoms with Crippen LogP contribution in [0, 0.1) is 22.7 Å². The zero-order valence-corrected chi connectivity index (χ0v) is 20.5. The molecule has 0 spiro atoms. The Bertz CT molecular complexity index is 1120. The van der Waals surface area contributed by atoms with Gasteiger partial charge >= 0.3 is 5.97 Å². The lowest BCUT2D eigenvalue weighted by Crippen LogP contribution is -2.38. The highest BCUT2D eigenvalue weighted by Crippen LogP contribution is 2.45. The van der Waals surface area contributed by atoms with Crippen LogP contribution >= 0.6 is 0 Å². The van der Waals surface area contributed by atoms with Gasteiger partial charge in [0.2, 0.25) is 11.8 Å². The van der Waals surface area contributed by atoms with E-state index in [0.717, 1.165) is 38.4 Å². The molecule has 2 unspecified atom stereocenters. The van der Waals surface area contributed by atoms with E-state index in [1.54, 1.807) is 6.92 Å². The quantitative estimate of drug-likeness (QED) is 0.473. The standard InChI is InChI=1S/C25H31N5O6/c1-3-33-20-13-16(5-6-19(20)35-12-9-30-7-10-32-11-8-30)22-17(15-26)24(27)36-25-23(22)18(28-29-25)14-21(31)34-4-2/h5-6,13,17,22,27H,3-4,7-12,14H2,1-2H3,(H,28,29). The van der Waals surface area contributed by atoms with Crippen LogP contribution in [0.4, 0.5) is 0 Å². The van der Waals surface area contributed by atoms with Crippen molar-refractivity contribution in [2.75, 3.05) is 52.7 Å². The minimum atomic E-state index is -0.904. The molecular formula is C25H31N5O6. The Hall–Kier alpha value is -3.62. The van der Waals surface area contributed by atoms with Crippen molar-refractivity contribution >= 4 is 11.9 Å². The summed E-state index contributed by atoms with van der Waals surface area (Å²) in [5.41, 5.74) is 1.78. The van der Waals surface area contributed by atoms with Gasteiger partial charge in [-0.1, -0.05) is 6.07 Å². The van der Waals surface area contributed by atoms with Crippen LogP contribution in [0.1, 0.15) is 36.6 Å². The summed E-state index contributed by atoms with van der Waals surface area (Å²) in [5, 5.41) is 25.2. The van der Waals surface area contributed by atoms with E-state index in [0.29, 0.717) is 36.0 Å². The van der Waals surface area contributed by atoms with E-state index < -0.39 is 17.8 Å². The number of H-pyrrole nitrogens is 1. The fourth-order valence-electron chi connectivity index (χ4n) is 4.45. The molecule has 2 atom stereocenters. The first-order valence-electron chi connectivity index (χ1n) is 12.1. The van der Waals surface area contributed by atoms with Crippen LogP contribution in [-0.2, 0) is 20.7 Å². The Morgan fingerprint density at radius 2 is 2.06 bits per heavy atom. The number of hydrogen-bond donors (Lipinski definition) is 2. The Labute approximate surface area is 209 Å². The number of nitrogens with zero attached hydrogens (tertiary/aromatic N) is 3. The van der Waals surface area contributed by atoms with Crippen molar-refractivity contribution in [2.45, 2.75) is 26.2 Å². The zero-order valence-electron chi connectivity index (χ0n) is 20.5. The van der Waals surface area contributed by atoms with Gasteiger partial charge in [0, 0.05) is 31.1 Å². The van der Waals surface area contributed by atoms with Crippen molar-refractivity contribution < 1.29 is 28.5 Å². The van der Waals surface area contributed by atoms with E-state index in [1.807, 2.05) is 25.1 Å². The topological polar surface area (TPSA) is 143 Å². The first-order chi connectivity index (χ1) is 17.5. The maximum atomic E-state index is 12.2. The summed E-state index contributed by atoms with van der Waals surface area (Å²) in [6, 6.07) is 7.68. The average Bonchev–Trinajstić information content (AvgIpc) is 3.26. The van der Waals surface area contributed by atoms with Gasteiger partial charge in [0.15, 0.2) is 11.5 Å². The fourth-order valence-corrected chi connectivity index (χ4v) is 4.45. The molecule has 192 valence electrons. The summed E-state index contributed by atoms with van der Waals surface area (Å²) in [7, 11) is 0. The maximum Gasteiger partial charge on any atom is 0.311 e. The molecule has 0 amide bonds. The van der Waals surface area contributed by atoms with Crippen LogP contribution in [0.5, 0.6) is 17.4 Å². The van der Waals surface area contributed by atoms with E-state index in [9.17, 15) is 10.1 Å². The van der Waals surface area contributed by atoms with Gasteiger partial charge in [-0.2, -0.15) is 5.26 Å². The van der Waals surface area contributed by atoms with Crippen molar-refractivity contribution in [3.05, 3.63) is 35.0 Å². The van der Waals surface area contributed by atoms with Crippen LogP contribution in [0.2, 0.25) is 0 Å². The van der Waals surface area contributed by atoms with Gasteiger partial charge in [0.05, 0.1) is 44.6 Å². The second kappa shape index (κ2) is 11.9. The molecule has 2 aromatic rings. The normalized spacial score (nSPS) is 19.6. The summed E-state index contributed by atoms with van der Waals surface area (Å²) in [6.45, 7) is 8.81. The van der Waals surface area contributed by atoms with E-state index in [4.69, 9.17) is 29.1 Å². The lowest BCUT2D eigenvalue weighted by molar-refractivity contribution is -0.142. The molecular weight excluding hydrogens is 466 g/mol. The number of carbonyl (C=O) groups excluding carboxylic acids is 1. The molecule has 0 bridgehead atoms. The van der Waals surface area contributed by atoms with Gasteiger partial charge < -0.3 is 23.7 Å². The van der Waals surface area contributed by atoms with Crippen molar-refractivity contribution in [3.63, 3.8) is 0 Å². The Kier molecular flexibility index (Phi) is 8.40. The second-order valence-electron chi connectivity index (χ2n) is 8.40. The van der Waals surface area contributed by atoms with Gasteiger partial charge in [-0.05, 0) is 31.5 Å². The number of nitriles is 1. The van der Waals surface area contributed by atoms with Crippen LogP contribution in [0.15, 0.2) is 18.2 Å². The highest BCUT2D eigenvalue weighted by atomic mass is 16.5. The summed E-state index contributed by atoms with van der Waals surface area (Å²) < 4.78 is 27.9. The fraction of sp³-hybridized carbons (Fsp3) is 0.520. The molecule has 2 aliphatic rings. The predicted octanol–water partition coefficient (Wildman–Crippen LogP) is 2.27. The molecule has 4 rings (SSSR count). The number of rotatable bonds is 10. The highest BCUT2D eigenvalue weighted by Gasteiger charge is 2.41. The van der Waals surface area contributed by atoms with Crippen molar-refractivity contribution in [1.82, 2.24) is 15.1 Å². The Morgan fingerprint density at radius 1 is 1.25 bits per heavy atom. The van der Waals surface area contributed by atoms with E-state index in [-0.39, 0.29) is 24.8 Å². The first kappa shape index (κ1) is 25.5. The van der Waals surface area contributed by atoms with Crippen LogP contribution in [0.3, 0.4) is 0 Å². The third-order valence-electron chi connectivity index (χ3n) is 6.14. The largest absolute Gasteiger partial charge is 0.490 e. The molecule has 3 heterocycles. The number of aromatic nitrogens is 2. The molecule has 1 aromatic carbocycles. The zero-order chi connectivity index (χ0) is 25.5. The van der Waals surface area contributed by atoms with E-state index in [1.165, 1.54) is 0 Å². The average molecular weight is 498 g/mol. The molecule has 1 fully saturated rings. The molecule has 11 nitrogen and oxygen atoms in total. The SMILES string of the molecule is CCOC(=O)Cc1[nH]nc2c1C(c1ccc(OCCN3CCOCC3)c(OCC)c1)C(C#N)C(=N)O2. The number of fused-ring (bicyclic) bond motifs is 1. The highest BCUT2D eigenvalue weighted by molar-refractivity contribution is 5.85. The van der Waals surface area contributed by atoms with Crippen molar-refractivity contribution in [1.29, 1.82) is 10.7 Å². The molecule has 1 aromatic heterocycles. The number of benzene rings is 1. The van der Waals surface area contributed by atoms with Gasteiger partial charge in [0.25, 0.3) is 0 Å². The smallest absolute Gasteiger partial charge is 0.311 e. The molecule has 11 heteroatoms. The summed E-state index contributed by atoms with van der Waals surface area (Å²) in [5.74, 6) is -0.787. The van der Waals surface area contributed by atoms with E-state index >= 15 is 0 Å². The monoisotopic (exact) mass is 497 g/mol. The molecule has 36 heavy (non-hydrogen) atoms. The number of morpholine rings is 1. The molecule has 1 saturated heterocycles. The van der Waals surface area contributed by atoms with E-state index in [2.05, 4.69) is 21.2 Å². The first-order valence-corrected chi connectivity index (χ1v) is 12.1. The maximum absolute atomic E-state index is 12.2. The lowest BCUT2D eigenvalue weighted by Gasteiger charge is -2.29. The Morgan fingerprint density at radius 3 is 2.78 bits per heavy atom. The lowest BCUT2D eigenvalue weighted by atomic mass is 9.79. The minimum Gasteiger partial charge on any atom is -0.490 e. The van der Waals surface area contributed by atoms with Gasteiger partial charge in [-0.15, -0.1) is 5.10 Å². The number of aromatic amines is 1. The van der Waals surface area contributed by atoms with Crippen LogP contribution < -0.4 is 14.2 Å². The number of ether oxygens (including phenoxy) is 5. The van der Waals surface area contributed by atoms with Crippen LogP contribution in [-0.4, -0.2) is 79.6 Å². The minimum absolute atomic E-state index is 0.0530. The molecule has 0 radical (unpaired) electrons. The number of carbonyl (C=O) groups is 1. The van der Waals surface area contributed by atoms with Crippen molar-refractivity contribution in [2.24, 2.45) is 5.92 Å². The summed E-state index contributed by atoms with van der Waals surface area (Å²) in [4.78, 5) is 14.5. The Balaban J connectivity index is 1.62. The number of nitrogens with one attached hydrogen (secondary N) is 2. The van der Waals surface area contributed by atoms with Crippen LogP contribution in [0.25, 0.3) is 0 Å². The van der Waals surface area contributed by atoms with Crippen molar-refractivity contribution in [3.8, 4) is 23.4 Å². The summed E-state index contributed by atoms with van der Waals surface area (Å²) >= 11 is 0. The number of esters is 1. The van der Waals surface area contributed by atoms with Gasteiger partial charge in [-0.3, -0.25) is 20.2 Å². The molecule has 0 saturated carbocycles. The summed E-state index contributed by atoms with van der Waals surface area (Å²) in [6.07, 6.45) is -0.0530. The molecule has 2 aliphatic heterocycles.